The molecule has 1 atom stereocenters. The second-order valence-electron chi connectivity index (χ2n) is 6.72. The number of H-pyrrole nitrogens is 1. The Labute approximate surface area is 170 Å². The lowest BCUT2D eigenvalue weighted by Crippen LogP contribution is -2.33. The maximum absolute atomic E-state index is 14.7. The highest BCUT2D eigenvalue weighted by Gasteiger charge is 2.28. The SMILES string of the molecule is O=S(=O)(Nc1ncns1)c1cc(F)c(CN2CCCC[C@H]2c2ccn[nH]2)cc1F. The van der Waals surface area contributed by atoms with Gasteiger partial charge in [-0.1, -0.05) is 6.42 Å². The molecular formula is C17H18F2N6O2S2. The minimum absolute atomic E-state index is 0.0235. The molecule has 1 saturated heterocycles. The maximum Gasteiger partial charge on any atom is 0.266 e. The number of aromatic amines is 1. The Hall–Kier alpha value is -2.44. The van der Waals surface area contributed by atoms with Gasteiger partial charge in [-0.15, -0.1) is 0 Å². The molecule has 1 aliphatic heterocycles. The van der Waals surface area contributed by atoms with E-state index in [0.29, 0.717) is 6.07 Å². The Kier molecular flexibility index (Phi) is 5.56. The number of halogens is 2. The number of hydrogen-bond donors (Lipinski definition) is 2. The topological polar surface area (TPSA) is 104 Å². The number of anilines is 1. The molecule has 12 heteroatoms. The van der Waals surface area contributed by atoms with Gasteiger partial charge in [0.1, 0.15) is 22.9 Å². The summed E-state index contributed by atoms with van der Waals surface area (Å²) in [5.74, 6) is -1.80. The fourth-order valence-corrected chi connectivity index (χ4v) is 5.22. The van der Waals surface area contributed by atoms with Crippen molar-refractivity contribution in [2.24, 2.45) is 0 Å². The van der Waals surface area contributed by atoms with E-state index in [1.54, 1.807) is 6.20 Å². The summed E-state index contributed by atoms with van der Waals surface area (Å²) < 4.78 is 59.9. The van der Waals surface area contributed by atoms with Crippen LogP contribution in [0.5, 0.6) is 0 Å². The van der Waals surface area contributed by atoms with E-state index in [4.69, 9.17) is 0 Å². The van der Waals surface area contributed by atoms with Crippen molar-refractivity contribution in [1.82, 2.24) is 24.5 Å². The van der Waals surface area contributed by atoms with Crippen LogP contribution < -0.4 is 4.72 Å². The van der Waals surface area contributed by atoms with Gasteiger partial charge in [-0.25, -0.2) is 22.2 Å². The summed E-state index contributed by atoms with van der Waals surface area (Å²) in [6.45, 7) is 0.889. The molecule has 0 amide bonds. The Morgan fingerprint density at radius 2 is 2.14 bits per heavy atom. The van der Waals surface area contributed by atoms with Crippen LogP contribution in [0.25, 0.3) is 0 Å². The van der Waals surface area contributed by atoms with Crippen molar-refractivity contribution >= 4 is 26.7 Å². The first kappa shape index (κ1) is 19.9. The van der Waals surface area contributed by atoms with E-state index < -0.39 is 26.6 Å². The molecule has 0 bridgehead atoms. The van der Waals surface area contributed by atoms with Gasteiger partial charge < -0.3 is 0 Å². The van der Waals surface area contributed by atoms with Crippen LogP contribution in [0.3, 0.4) is 0 Å². The monoisotopic (exact) mass is 440 g/mol. The van der Waals surface area contributed by atoms with E-state index in [-0.39, 0.29) is 23.3 Å². The zero-order valence-corrected chi connectivity index (χ0v) is 16.8. The van der Waals surface area contributed by atoms with Gasteiger partial charge in [-0.2, -0.15) is 9.47 Å². The molecule has 2 N–H and O–H groups in total. The number of likely N-dealkylation sites (tertiary alicyclic amines) is 1. The predicted octanol–water partition coefficient (Wildman–Crippen LogP) is 3.07. The van der Waals surface area contributed by atoms with Crippen LogP contribution in [0.2, 0.25) is 0 Å². The molecule has 0 radical (unpaired) electrons. The minimum Gasteiger partial charge on any atom is -0.290 e. The van der Waals surface area contributed by atoms with Gasteiger partial charge >= 0.3 is 0 Å². The molecule has 4 rings (SSSR count). The van der Waals surface area contributed by atoms with E-state index in [1.807, 2.05) is 11.0 Å². The van der Waals surface area contributed by atoms with Crippen molar-refractivity contribution in [3.8, 4) is 0 Å². The van der Waals surface area contributed by atoms with Crippen LogP contribution in [0.4, 0.5) is 13.9 Å². The van der Waals surface area contributed by atoms with Gasteiger partial charge in [0.15, 0.2) is 0 Å². The highest BCUT2D eigenvalue weighted by atomic mass is 32.2. The Balaban J connectivity index is 1.58. The molecule has 1 fully saturated rings. The zero-order chi connectivity index (χ0) is 20.4. The van der Waals surface area contributed by atoms with Crippen LogP contribution >= 0.6 is 11.5 Å². The summed E-state index contributed by atoms with van der Waals surface area (Å²) in [4.78, 5) is 4.97. The first-order chi connectivity index (χ1) is 13.9. The molecule has 0 unspecified atom stereocenters. The Bertz CT molecular complexity index is 1070. The highest BCUT2D eigenvalue weighted by Crippen LogP contribution is 2.32. The lowest BCUT2D eigenvalue weighted by Gasteiger charge is -2.35. The molecule has 0 saturated carbocycles. The first-order valence-electron chi connectivity index (χ1n) is 8.95. The second kappa shape index (κ2) is 8.13. The highest BCUT2D eigenvalue weighted by molar-refractivity contribution is 7.93. The average Bonchev–Trinajstić information content (AvgIpc) is 3.38. The van der Waals surface area contributed by atoms with E-state index in [9.17, 15) is 17.2 Å². The van der Waals surface area contributed by atoms with Gasteiger partial charge in [0.2, 0.25) is 5.13 Å². The lowest BCUT2D eigenvalue weighted by atomic mass is 9.98. The summed E-state index contributed by atoms with van der Waals surface area (Å²) in [7, 11) is -4.32. The number of piperidine rings is 1. The van der Waals surface area contributed by atoms with Gasteiger partial charge in [0.05, 0.1) is 11.7 Å². The molecule has 3 aromatic rings. The fraction of sp³-hybridized carbons (Fsp3) is 0.353. The van der Waals surface area contributed by atoms with E-state index in [0.717, 1.165) is 55.4 Å². The molecule has 1 aliphatic rings. The molecule has 8 nitrogen and oxygen atoms in total. The third-order valence-electron chi connectivity index (χ3n) is 4.84. The van der Waals surface area contributed by atoms with Gasteiger partial charge in [0.25, 0.3) is 10.0 Å². The van der Waals surface area contributed by atoms with E-state index in [2.05, 4.69) is 24.3 Å². The van der Waals surface area contributed by atoms with Crippen molar-refractivity contribution in [2.45, 2.75) is 36.7 Å². The number of aromatic nitrogens is 4. The molecule has 0 aliphatic carbocycles. The third kappa shape index (κ3) is 4.28. The smallest absolute Gasteiger partial charge is 0.266 e. The number of nitrogens with one attached hydrogen (secondary N) is 2. The number of sulfonamides is 1. The number of rotatable bonds is 6. The molecular weight excluding hydrogens is 422 g/mol. The molecule has 29 heavy (non-hydrogen) atoms. The van der Waals surface area contributed by atoms with Crippen LogP contribution in [0, 0.1) is 11.6 Å². The zero-order valence-electron chi connectivity index (χ0n) is 15.2. The molecule has 0 spiro atoms. The number of hydrogen-bond acceptors (Lipinski definition) is 7. The molecule has 2 aromatic heterocycles. The second-order valence-corrected chi connectivity index (χ2v) is 9.15. The predicted molar refractivity (Wildman–Crippen MR) is 103 cm³/mol. The summed E-state index contributed by atoms with van der Waals surface area (Å²) in [5, 5.41) is 6.89. The van der Waals surface area contributed by atoms with Crippen LogP contribution in [-0.2, 0) is 16.6 Å². The fourth-order valence-electron chi connectivity index (χ4n) is 3.49. The normalized spacial score (nSPS) is 18.1. The number of nitrogens with zero attached hydrogens (tertiary/aromatic N) is 4. The number of benzene rings is 1. The van der Waals surface area contributed by atoms with Gasteiger partial charge in [-0.3, -0.25) is 14.7 Å². The average molecular weight is 441 g/mol. The summed E-state index contributed by atoms with van der Waals surface area (Å²) in [6, 6.07) is 3.55. The van der Waals surface area contributed by atoms with Gasteiger partial charge in [-0.05, 0) is 37.6 Å². The van der Waals surface area contributed by atoms with E-state index in [1.165, 1.54) is 0 Å². The largest absolute Gasteiger partial charge is 0.290 e. The summed E-state index contributed by atoms with van der Waals surface area (Å²) in [6.07, 6.45) is 5.69. The van der Waals surface area contributed by atoms with Gasteiger partial charge in [0, 0.05) is 29.8 Å². The summed E-state index contributed by atoms with van der Waals surface area (Å²) in [5.41, 5.74) is 1.02. The Morgan fingerprint density at radius 1 is 1.28 bits per heavy atom. The lowest BCUT2D eigenvalue weighted by molar-refractivity contribution is 0.135. The van der Waals surface area contributed by atoms with Crippen molar-refractivity contribution in [1.29, 1.82) is 0 Å². The van der Waals surface area contributed by atoms with Crippen molar-refractivity contribution in [2.75, 3.05) is 11.3 Å². The molecule has 154 valence electrons. The van der Waals surface area contributed by atoms with Crippen molar-refractivity contribution < 1.29 is 17.2 Å². The van der Waals surface area contributed by atoms with Crippen LogP contribution in [-0.4, -0.2) is 39.4 Å². The quantitative estimate of drug-likeness (QED) is 0.611. The first-order valence-corrected chi connectivity index (χ1v) is 11.2. The Morgan fingerprint density at radius 3 is 2.86 bits per heavy atom. The van der Waals surface area contributed by atoms with Crippen LogP contribution in [0.15, 0.2) is 35.6 Å². The summed E-state index contributed by atoms with van der Waals surface area (Å²) >= 11 is 0.797. The maximum atomic E-state index is 14.7. The van der Waals surface area contributed by atoms with Crippen molar-refractivity contribution in [3.05, 3.63) is 53.6 Å². The standard InChI is InChI=1S/C17H18F2N6O2S2/c18-12-8-16(29(26,27)24-17-20-10-22-28-17)13(19)7-11(12)9-25-6-2-1-3-15(25)14-4-5-21-23-14/h4-5,7-8,10,15H,1-3,6,9H2,(H,21,23)(H,20,22,24)/t15-/m0/s1. The third-order valence-corrected chi connectivity index (χ3v) is 6.91. The molecule has 1 aromatic carbocycles. The van der Waals surface area contributed by atoms with Crippen LogP contribution in [0.1, 0.15) is 36.6 Å². The molecule has 3 heterocycles. The van der Waals surface area contributed by atoms with E-state index >= 15 is 0 Å². The minimum atomic E-state index is -4.32. The van der Waals surface area contributed by atoms with Crippen molar-refractivity contribution in [3.63, 3.8) is 0 Å².